The Kier molecular flexibility index (Phi) is 9.02. The number of sulfone groups is 1. The molecule has 27 heavy (non-hydrogen) atoms. The van der Waals surface area contributed by atoms with E-state index in [1.165, 1.54) is 24.3 Å². The van der Waals surface area contributed by atoms with Crippen LogP contribution in [0.15, 0.2) is 35.2 Å². The lowest BCUT2D eigenvalue weighted by atomic mass is 10.0. The van der Waals surface area contributed by atoms with Crippen molar-refractivity contribution in [3.63, 3.8) is 0 Å². The van der Waals surface area contributed by atoms with Gasteiger partial charge in [0.2, 0.25) is 0 Å². The van der Waals surface area contributed by atoms with Gasteiger partial charge in [0.15, 0.2) is 9.84 Å². The molecule has 1 rings (SSSR count). The Morgan fingerprint density at radius 1 is 1.19 bits per heavy atom. The summed E-state index contributed by atoms with van der Waals surface area (Å²) in [5, 5.41) is 1.72. The van der Waals surface area contributed by atoms with Gasteiger partial charge in [0.1, 0.15) is 0 Å². The number of benzene rings is 1. The number of amides is 1. The number of halogens is 3. The van der Waals surface area contributed by atoms with Crippen molar-refractivity contribution in [2.75, 3.05) is 12.3 Å². The fourth-order valence-electron chi connectivity index (χ4n) is 2.79. The van der Waals surface area contributed by atoms with E-state index in [1.54, 1.807) is 17.4 Å². The van der Waals surface area contributed by atoms with E-state index < -0.39 is 21.9 Å². The number of carbonyl (C=O) groups excluding carboxylic acids is 1. The molecular weight excluding hydrogens is 379 g/mol. The molecular formula is C19H26F3NO3S. The number of hydrogen-bond donors (Lipinski definition) is 1. The van der Waals surface area contributed by atoms with Gasteiger partial charge in [0.25, 0.3) is 0 Å². The predicted molar refractivity (Wildman–Crippen MR) is 99.9 cm³/mol. The van der Waals surface area contributed by atoms with Crippen LogP contribution in [-0.4, -0.2) is 32.8 Å². The normalized spacial score (nSPS) is 12.7. The van der Waals surface area contributed by atoms with Gasteiger partial charge in [0.05, 0.1) is 10.6 Å². The molecule has 0 saturated heterocycles. The van der Waals surface area contributed by atoms with E-state index in [-0.39, 0.29) is 23.1 Å². The molecule has 152 valence electrons. The maximum atomic E-state index is 12.7. The minimum atomic E-state index is -4.92. The van der Waals surface area contributed by atoms with Crippen LogP contribution < -0.4 is 5.32 Å². The third-order valence-electron chi connectivity index (χ3n) is 4.01. The van der Waals surface area contributed by atoms with Gasteiger partial charge in [-0.1, -0.05) is 51.0 Å². The summed E-state index contributed by atoms with van der Waals surface area (Å²) in [6, 6.07) is 6.26. The van der Waals surface area contributed by atoms with Gasteiger partial charge in [-0.05, 0) is 36.5 Å². The second kappa shape index (κ2) is 10.5. The maximum Gasteiger partial charge on any atom is 0.471 e. The Bertz CT molecular complexity index is 737. The lowest BCUT2D eigenvalue weighted by Crippen LogP contribution is -2.36. The summed E-state index contributed by atoms with van der Waals surface area (Å²) in [5.41, 5.74) is 0.542. The fraction of sp³-hybridized carbons (Fsp3) is 0.526. The van der Waals surface area contributed by atoms with Gasteiger partial charge in [-0.2, -0.15) is 13.2 Å². The van der Waals surface area contributed by atoms with E-state index in [9.17, 15) is 26.4 Å². The highest BCUT2D eigenvalue weighted by atomic mass is 32.2. The van der Waals surface area contributed by atoms with Gasteiger partial charge < -0.3 is 5.32 Å². The topological polar surface area (TPSA) is 63.2 Å². The predicted octanol–water partition coefficient (Wildman–Crippen LogP) is 4.37. The van der Waals surface area contributed by atoms with E-state index in [1.807, 2.05) is 13.8 Å². The number of rotatable bonds is 10. The molecule has 1 N–H and O–H groups in total. The second-order valence-corrected chi connectivity index (χ2v) is 8.44. The molecule has 1 aromatic rings. The van der Waals surface area contributed by atoms with Crippen molar-refractivity contribution in [2.24, 2.45) is 5.92 Å². The molecule has 0 aliphatic carbocycles. The van der Waals surface area contributed by atoms with Crippen molar-refractivity contribution >= 4 is 21.8 Å². The van der Waals surface area contributed by atoms with Gasteiger partial charge in [-0.3, -0.25) is 4.79 Å². The van der Waals surface area contributed by atoms with E-state index in [0.717, 1.165) is 25.7 Å². The zero-order chi connectivity index (χ0) is 20.5. The zero-order valence-corrected chi connectivity index (χ0v) is 16.4. The van der Waals surface area contributed by atoms with Crippen molar-refractivity contribution < 1.29 is 26.4 Å². The van der Waals surface area contributed by atoms with Crippen molar-refractivity contribution in [2.45, 2.75) is 50.6 Å². The molecule has 0 saturated carbocycles. The average molecular weight is 405 g/mol. The van der Waals surface area contributed by atoms with E-state index in [2.05, 4.69) is 0 Å². The van der Waals surface area contributed by atoms with E-state index >= 15 is 0 Å². The Balaban J connectivity index is 2.79. The fourth-order valence-corrected chi connectivity index (χ4v) is 4.54. The molecule has 0 unspecified atom stereocenters. The SMILES string of the molecule is CCCC(CCC)CS(=O)(=O)c1cccc(/C=C/CNC(=O)C(F)(F)F)c1. The average Bonchev–Trinajstić information content (AvgIpc) is 2.58. The molecule has 8 heteroatoms. The zero-order valence-electron chi connectivity index (χ0n) is 15.6. The molecule has 0 heterocycles. The van der Waals surface area contributed by atoms with E-state index in [0.29, 0.717) is 5.56 Å². The Labute approximate surface area is 158 Å². The number of nitrogens with one attached hydrogen (secondary N) is 1. The van der Waals surface area contributed by atoms with Crippen LogP contribution >= 0.6 is 0 Å². The van der Waals surface area contributed by atoms with Gasteiger partial charge >= 0.3 is 12.1 Å². The van der Waals surface area contributed by atoms with Crippen LogP contribution in [0.25, 0.3) is 6.08 Å². The maximum absolute atomic E-state index is 12.7. The van der Waals surface area contributed by atoms with Crippen LogP contribution in [0.2, 0.25) is 0 Å². The summed E-state index contributed by atoms with van der Waals surface area (Å²) in [6.45, 7) is 3.75. The molecule has 0 fully saturated rings. The van der Waals surface area contributed by atoms with Crippen molar-refractivity contribution in [1.82, 2.24) is 5.32 Å². The number of carbonyl (C=O) groups is 1. The largest absolute Gasteiger partial charge is 0.471 e. The first-order chi connectivity index (χ1) is 12.6. The van der Waals surface area contributed by atoms with Crippen molar-refractivity contribution in [3.05, 3.63) is 35.9 Å². The summed E-state index contributed by atoms with van der Waals surface area (Å²) in [7, 11) is -3.44. The molecule has 0 aliphatic heterocycles. The second-order valence-electron chi connectivity index (χ2n) is 6.41. The third kappa shape index (κ3) is 8.15. The number of alkyl halides is 3. The van der Waals surface area contributed by atoms with Crippen LogP contribution in [0.5, 0.6) is 0 Å². The van der Waals surface area contributed by atoms with Crippen molar-refractivity contribution in [3.8, 4) is 0 Å². The molecule has 4 nitrogen and oxygen atoms in total. The highest BCUT2D eigenvalue weighted by Gasteiger charge is 2.37. The van der Waals surface area contributed by atoms with E-state index in [4.69, 9.17) is 0 Å². The van der Waals surface area contributed by atoms with Crippen LogP contribution in [0.4, 0.5) is 13.2 Å². The Morgan fingerprint density at radius 3 is 2.37 bits per heavy atom. The third-order valence-corrected chi connectivity index (χ3v) is 5.90. The Hall–Kier alpha value is -1.83. The van der Waals surface area contributed by atoms with Crippen LogP contribution in [0, 0.1) is 5.92 Å². The monoisotopic (exact) mass is 405 g/mol. The molecule has 0 aliphatic rings. The summed E-state index contributed by atoms with van der Waals surface area (Å²) in [5.74, 6) is -1.81. The van der Waals surface area contributed by atoms with Gasteiger partial charge in [0, 0.05) is 6.54 Å². The molecule has 0 spiro atoms. The summed E-state index contributed by atoms with van der Waals surface area (Å²) >= 11 is 0. The minimum absolute atomic E-state index is 0.0868. The standard InChI is InChI=1S/C19H26F3NO3S/c1-3-7-16(8-4-2)14-27(25,26)17-11-5-9-15(13-17)10-6-12-23-18(24)19(20,21)22/h5-6,9-11,13,16H,3-4,7-8,12,14H2,1-2H3,(H,23,24)/b10-6+. The van der Waals surface area contributed by atoms with Crippen LogP contribution in [0.3, 0.4) is 0 Å². The molecule has 0 atom stereocenters. The molecule has 1 amide bonds. The molecule has 0 aromatic heterocycles. The Morgan fingerprint density at radius 2 is 1.81 bits per heavy atom. The lowest BCUT2D eigenvalue weighted by molar-refractivity contribution is -0.173. The lowest BCUT2D eigenvalue weighted by Gasteiger charge is -2.15. The first-order valence-corrected chi connectivity index (χ1v) is 10.6. The number of hydrogen-bond acceptors (Lipinski definition) is 3. The molecule has 0 bridgehead atoms. The summed E-state index contributed by atoms with van der Waals surface area (Å²) in [6.07, 6.45) is 1.45. The highest BCUT2D eigenvalue weighted by molar-refractivity contribution is 7.91. The van der Waals surface area contributed by atoms with Crippen LogP contribution in [0.1, 0.15) is 45.1 Å². The minimum Gasteiger partial charge on any atom is -0.345 e. The highest BCUT2D eigenvalue weighted by Crippen LogP contribution is 2.22. The summed E-state index contributed by atoms with van der Waals surface area (Å²) in [4.78, 5) is 10.9. The molecule has 0 radical (unpaired) electrons. The first-order valence-electron chi connectivity index (χ1n) is 8.94. The van der Waals surface area contributed by atoms with Crippen molar-refractivity contribution in [1.29, 1.82) is 0 Å². The smallest absolute Gasteiger partial charge is 0.345 e. The van der Waals surface area contributed by atoms with Gasteiger partial charge in [-0.25, -0.2) is 8.42 Å². The van der Waals surface area contributed by atoms with Crippen LogP contribution in [-0.2, 0) is 14.6 Å². The summed E-state index contributed by atoms with van der Waals surface area (Å²) < 4.78 is 61.6. The van der Waals surface area contributed by atoms with Gasteiger partial charge in [-0.15, -0.1) is 0 Å². The first kappa shape index (κ1) is 23.2. The molecule has 1 aromatic carbocycles. The quantitative estimate of drug-likeness (QED) is 0.629.